The summed E-state index contributed by atoms with van der Waals surface area (Å²) in [6.07, 6.45) is 1.26. The number of hydrogen-bond acceptors (Lipinski definition) is 4. The maximum Gasteiger partial charge on any atom is 0.326 e. The molecule has 3 rings (SSSR count). The highest BCUT2D eigenvalue weighted by Crippen LogP contribution is 2.33. The Bertz CT molecular complexity index is 766. The van der Waals surface area contributed by atoms with Crippen molar-refractivity contribution in [3.63, 3.8) is 0 Å². The first-order valence-corrected chi connectivity index (χ1v) is 8.61. The van der Waals surface area contributed by atoms with Crippen LogP contribution in [0.4, 0.5) is 0 Å². The third-order valence-corrected chi connectivity index (χ3v) is 5.37. The topological polar surface area (TPSA) is 66.8 Å². The van der Waals surface area contributed by atoms with E-state index in [4.69, 9.17) is 4.74 Å². The van der Waals surface area contributed by atoms with Crippen LogP contribution < -0.4 is 4.74 Å². The zero-order valence-electron chi connectivity index (χ0n) is 13.6. The van der Waals surface area contributed by atoms with E-state index in [1.807, 2.05) is 37.3 Å². The lowest BCUT2D eigenvalue weighted by Crippen LogP contribution is -2.40. The first-order valence-electron chi connectivity index (χ1n) is 7.80. The Morgan fingerprint density at radius 3 is 2.62 bits per heavy atom. The number of thiophene rings is 1. The zero-order valence-corrected chi connectivity index (χ0v) is 14.4. The molecule has 0 spiro atoms. The van der Waals surface area contributed by atoms with Gasteiger partial charge in [0.25, 0.3) is 5.91 Å². The van der Waals surface area contributed by atoms with E-state index in [1.165, 1.54) is 16.2 Å². The number of benzene rings is 1. The Kier molecular flexibility index (Phi) is 4.57. The van der Waals surface area contributed by atoms with Crippen LogP contribution in [0.5, 0.6) is 5.75 Å². The van der Waals surface area contributed by atoms with E-state index in [1.54, 1.807) is 7.11 Å². The molecule has 24 heavy (non-hydrogen) atoms. The van der Waals surface area contributed by atoms with Crippen molar-refractivity contribution in [3.8, 4) is 16.9 Å². The highest BCUT2D eigenvalue weighted by Gasteiger charge is 2.35. The lowest BCUT2D eigenvalue weighted by Gasteiger charge is -2.20. The molecule has 1 aliphatic rings. The summed E-state index contributed by atoms with van der Waals surface area (Å²) in [6.45, 7) is 2.48. The molecular weight excluding hydrogens is 326 g/mol. The van der Waals surface area contributed by atoms with Crippen LogP contribution in [0.15, 0.2) is 30.3 Å². The van der Waals surface area contributed by atoms with Gasteiger partial charge in [-0.1, -0.05) is 12.1 Å². The van der Waals surface area contributed by atoms with Crippen LogP contribution in [-0.4, -0.2) is 41.6 Å². The van der Waals surface area contributed by atoms with Crippen LogP contribution in [0.25, 0.3) is 11.1 Å². The fourth-order valence-corrected chi connectivity index (χ4v) is 4.05. The average molecular weight is 345 g/mol. The van der Waals surface area contributed by atoms with Crippen molar-refractivity contribution >= 4 is 23.2 Å². The molecule has 5 nitrogen and oxygen atoms in total. The maximum absolute atomic E-state index is 12.7. The largest absolute Gasteiger partial charge is 0.497 e. The van der Waals surface area contributed by atoms with Gasteiger partial charge in [-0.3, -0.25) is 4.79 Å². The molecule has 1 fully saturated rings. The van der Waals surface area contributed by atoms with Crippen molar-refractivity contribution in [1.82, 2.24) is 4.90 Å². The molecule has 0 bridgehead atoms. The summed E-state index contributed by atoms with van der Waals surface area (Å²) in [6, 6.07) is 8.84. The molecule has 1 N–H and O–H groups in total. The van der Waals surface area contributed by atoms with Gasteiger partial charge in [-0.05, 0) is 49.1 Å². The summed E-state index contributed by atoms with van der Waals surface area (Å²) >= 11 is 1.41. The average Bonchev–Trinajstić information content (AvgIpc) is 3.21. The molecule has 1 aliphatic heterocycles. The Labute approximate surface area is 144 Å². The van der Waals surface area contributed by atoms with Crippen molar-refractivity contribution < 1.29 is 19.4 Å². The minimum absolute atomic E-state index is 0.187. The summed E-state index contributed by atoms with van der Waals surface area (Å²) in [5, 5.41) is 9.26. The molecule has 0 radical (unpaired) electrons. The van der Waals surface area contributed by atoms with Gasteiger partial charge in [0, 0.05) is 11.4 Å². The van der Waals surface area contributed by atoms with Crippen molar-refractivity contribution in [2.24, 2.45) is 0 Å². The molecule has 2 aromatic rings. The van der Waals surface area contributed by atoms with Gasteiger partial charge in [-0.15, -0.1) is 11.3 Å². The number of carbonyl (C=O) groups excluding carboxylic acids is 1. The second-order valence-corrected chi connectivity index (χ2v) is 7.06. The Morgan fingerprint density at radius 1 is 1.29 bits per heavy atom. The molecule has 0 saturated carbocycles. The van der Waals surface area contributed by atoms with Crippen LogP contribution in [0.1, 0.15) is 27.4 Å². The van der Waals surface area contributed by atoms with Crippen LogP contribution in [-0.2, 0) is 4.79 Å². The molecule has 0 aliphatic carbocycles. The minimum Gasteiger partial charge on any atom is -0.497 e. The molecule has 1 aromatic heterocycles. The molecule has 1 atom stereocenters. The number of aryl methyl sites for hydroxylation is 1. The predicted molar refractivity (Wildman–Crippen MR) is 92.7 cm³/mol. The van der Waals surface area contributed by atoms with Gasteiger partial charge in [0.15, 0.2) is 0 Å². The van der Waals surface area contributed by atoms with Gasteiger partial charge >= 0.3 is 5.97 Å². The van der Waals surface area contributed by atoms with E-state index < -0.39 is 12.0 Å². The third kappa shape index (κ3) is 3.01. The monoisotopic (exact) mass is 345 g/mol. The van der Waals surface area contributed by atoms with Gasteiger partial charge in [0.1, 0.15) is 11.8 Å². The van der Waals surface area contributed by atoms with E-state index in [9.17, 15) is 14.7 Å². The number of likely N-dealkylation sites (tertiary alicyclic amines) is 1. The second kappa shape index (κ2) is 6.65. The summed E-state index contributed by atoms with van der Waals surface area (Å²) in [5.41, 5.74) is 2.01. The van der Waals surface area contributed by atoms with E-state index in [2.05, 4.69) is 0 Å². The zero-order chi connectivity index (χ0) is 17.3. The molecule has 1 aromatic carbocycles. The number of carbonyl (C=O) groups is 2. The molecule has 126 valence electrons. The number of carboxylic acid groups (broad SMARTS) is 1. The van der Waals surface area contributed by atoms with E-state index >= 15 is 0 Å². The van der Waals surface area contributed by atoms with E-state index in [-0.39, 0.29) is 5.91 Å². The highest BCUT2D eigenvalue weighted by molar-refractivity contribution is 7.14. The summed E-state index contributed by atoms with van der Waals surface area (Å²) in [4.78, 5) is 27.1. The van der Waals surface area contributed by atoms with Gasteiger partial charge in [-0.25, -0.2) is 4.79 Å². The molecule has 2 heterocycles. The molecular formula is C18H19NO4S. The first-order chi connectivity index (χ1) is 11.5. The fraction of sp³-hybridized carbons (Fsp3) is 0.333. The summed E-state index contributed by atoms with van der Waals surface area (Å²) in [5.74, 6) is -0.332. The molecule has 1 amide bonds. The lowest BCUT2D eigenvalue weighted by atomic mass is 10.1. The normalized spacial score (nSPS) is 17.1. The van der Waals surface area contributed by atoms with Gasteiger partial charge in [0.05, 0.1) is 12.0 Å². The number of hydrogen-bond donors (Lipinski definition) is 1. The Hall–Kier alpha value is -2.34. The molecule has 1 saturated heterocycles. The van der Waals surface area contributed by atoms with Gasteiger partial charge in [0.2, 0.25) is 0 Å². The van der Waals surface area contributed by atoms with E-state index in [0.29, 0.717) is 17.8 Å². The quantitative estimate of drug-likeness (QED) is 0.922. The lowest BCUT2D eigenvalue weighted by molar-refractivity contribution is -0.141. The van der Waals surface area contributed by atoms with Crippen LogP contribution in [0.2, 0.25) is 0 Å². The SMILES string of the molecule is COc1ccc(-c2cc(C(=O)N3CCC[C@H]3C(=O)O)sc2C)cc1. The number of nitrogens with zero attached hydrogens (tertiary/aromatic N) is 1. The number of methoxy groups -OCH3 is 1. The number of amides is 1. The standard InChI is InChI=1S/C18H19NO4S/c1-11-14(12-5-7-13(23-2)8-6-12)10-16(24-11)17(20)19-9-3-4-15(19)18(21)22/h5-8,10,15H,3-4,9H2,1-2H3,(H,21,22)/t15-/m0/s1. The van der Waals surface area contributed by atoms with Crippen LogP contribution >= 0.6 is 11.3 Å². The number of aliphatic carboxylic acids is 1. The fourth-order valence-electron chi connectivity index (χ4n) is 3.05. The number of rotatable bonds is 4. The van der Waals surface area contributed by atoms with Crippen molar-refractivity contribution in [3.05, 3.63) is 40.1 Å². The van der Waals surface area contributed by atoms with Crippen LogP contribution in [0, 0.1) is 6.92 Å². The van der Waals surface area contributed by atoms with Gasteiger partial charge in [-0.2, -0.15) is 0 Å². The maximum atomic E-state index is 12.7. The van der Waals surface area contributed by atoms with Crippen molar-refractivity contribution in [2.75, 3.05) is 13.7 Å². The highest BCUT2D eigenvalue weighted by atomic mass is 32.1. The first kappa shape index (κ1) is 16.5. The Balaban J connectivity index is 1.87. The van der Waals surface area contributed by atoms with E-state index in [0.717, 1.165) is 28.2 Å². The van der Waals surface area contributed by atoms with Crippen molar-refractivity contribution in [1.29, 1.82) is 0 Å². The Morgan fingerprint density at radius 2 is 2.00 bits per heavy atom. The summed E-state index contributed by atoms with van der Waals surface area (Å²) < 4.78 is 5.17. The second-order valence-electron chi connectivity index (χ2n) is 5.80. The van der Waals surface area contributed by atoms with Crippen molar-refractivity contribution in [2.45, 2.75) is 25.8 Å². The van der Waals surface area contributed by atoms with Crippen LogP contribution in [0.3, 0.4) is 0 Å². The molecule has 0 unspecified atom stereocenters. The minimum atomic E-state index is -0.926. The molecule has 6 heteroatoms. The number of carboxylic acids is 1. The summed E-state index contributed by atoms with van der Waals surface area (Å²) in [7, 11) is 1.62. The smallest absolute Gasteiger partial charge is 0.326 e. The number of ether oxygens (including phenoxy) is 1. The third-order valence-electron chi connectivity index (χ3n) is 4.33. The van der Waals surface area contributed by atoms with Gasteiger partial charge < -0.3 is 14.7 Å². The predicted octanol–water partition coefficient (Wildman–Crippen LogP) is 3.42.